The maximum absolute atomic E-state index is 11.3. The minimum absolute atomic E-state index is 0.313. The van der Waals surface area contributed by atoms with E-state index in [9.17, 15) is 4.79 Å². The van der Waals surface area contributed by atoms with Gasteiger partial charge in [-0.3, -0.25) is 4.57 Å². The largest absolute Gasteiger partial charge is 0.348 e. The molecule has 3 rings (SSSR count). The third-order valence-corrected chi connectivity index (χ3v) is 2.44. The number of nitrogens with two attached hydrogens (primary N) is 1. The topological polar surface area (TPSA) is 107 Å². The number of rotatable bonds is 2. The smallest absolute Gasteiger partial charge is 0.324 e. The van der Waals surface area contributed by atoms with Crippen LogP contribution in [0.2, 0.25) is 0 Å². The number of nitrogens with zero attached hydrogens (tertiary/aromatic N) is 5. The van der Waals surface area contributed by atoms with E-state index in [0.29, 0.717) is 23.8 Å². The molecule has 0 radical (unpaired) electrons. The molecule has 0 spiro atoms. The van der Waals surface area contributed by atoms with E-state index in [-0.39, 0.29) is 5.69 Å². The molecule has 0 saturated heterocycles. The minimum Gasteiger partial charge on any atom is -0.324 e. The zero-order valence-corrected chi connectivity index (χ0v) is 8.74. The summed E-state index contributed by atoms with van der Waals surface area (Å²) in [5.41, 5.74) is 5.74. The molecular formula is C9H9N7O. The Balaban J connectivity index is 2.21. The highest BCUT2D eigenvalue weighted by atomic mass is 16.1. The number of aromatic amines is 1. The van der Waals surface area contributed by atoms with Gasteiger partial charge in [-0.05, 0) is 0 Å². The molecule has 8 heteroatoms. The summed E-state index contributed by atoms with van der Waals surface area (Å²) < 4.78 is 3.07. The summed E-state index contributed by atoms with van der Waals surface area (Å²) in [6, 6.07) is 1.68. The Morgan fingerprint density at radius 2 is 2.29 bits per heavy atom. The third-order valence-electron chi connectivity index (χ3n) is 2.44. The molecule has 0 aliphatic carbocycles. The number of nitrogens with one attached hydrogen (secondary N) is 1. The SMILES string of the molecule is NCc1nccn1-c1cc2n[nH]c(=O)n2cn1. The molecule has 3 N–H and O–H groups in total. The van der Waals surface area contributed by atoms with Gasteiger partial charge >= 0.3 is 5.69 Å². The van der Waals surface area contributed by atoms with Crippen LogP contribution in [0.1, 0.15) is 5.82 Å². The Morgan fingerprint density at radius 1 is 1.41 bits per heavy atom. The van der Waals surface area contributed by atoms with Crippen LogP contribution in [-0.2, 0) is 6.54 Å². The van der Waals surface area contributed by atoms with Gasteiger partial charge < -0.3 is 5.73 Å². The average Bonchev–Trinajstić information content (AvgIpc) is 2.96. The van der Waals surface area contributed by atoms with Gasteiger partial charge in [0.1, 0.15) is 18.0 Å². The summed E-state index contributed by atoms with van der Waals surface area (Å²) in [6.07, 6.45) is 4.81. The zero-order chi connectivity index (χ0) is 11.8. The van der Waals surface area contributed by atoms with Crippen molar-refractivity contribution in [3.05, 3.63) is 41.1 Å². The lowest BCUT2D eigenvalue weighted by molar-refractivity contribution is 0.840. The molecule has 8 nitrogen and oxygen atoms in total. The number of H-pyrrole nitrogens is 1. The van der Waals surface area contributed by atoms with Crippen molar-refractivity contribution < 1.29 is 0 Å². The third kappa shape index (κ3) is 1.42. The average molecular weight is 231 g/mol. The molecule has 0 atom stereocenters. The molecule has 3 aromatic rings. The van der Waals surface area contributed by atoms with Crippen molar-refractivity contribution in [2.45, 2.75) is 6.54 Å². The van der Waals surface area contributed by atoms with Crippen molar-refractivity contribution in [2.24, 2.45) is 5.73 Å². The molecule has 3 aromatic heterocycles. The Labute approximate surface area is 94.7 Å². The fourth-order valence-corrected chi connectivity index (χ4v) is 1.63. The molecular weight excluding hydrogens is 222 g/mol. The first-order valence-corrected chi connectivity index (χ1v) is 4.95. The Morgan fingerprint density at radius 3 is 3.12 bits per heavy atom. The van der Waals surface area contributed by atoms with Crippen LogP contribution in [0, 0.1) is 0 Å². The summed E-state index contributed by atoms with van der Waals surface area (Å²) in [4.78, 5) is 19.5. The maximum Gasteiger partial charge on any atom is 0.348 e. The quantitative estimate of drug-likeness (QED) is 0.592. The molecule has 0 amide bonds. The number of hydrogen-bond donors (Lipinski definition) is 2. The predicted octanol–water partition coefficient (Wildman–Crippen LogP) is -0.938. The lowest BCUT2D eigenvalue weighted by atomic mass is 10.5. The molecule has 0 aliphatic rings. The van der Waals surface area contributed by atoms with Crippen LogP contribution in [-0.4, -0.2) is 29.1 Å². The minimum atomic E-state index is -0.316. The van der Waals surface area contributed by atoms with Gasteiger partial charge in [0.2, 0.25) is 0 Å². The summed E-state index contributed by atoms with van der Waals surface area (Å²) in [6.45, 7) is 0.313. The van der Waals surface area contributed by atoms with E-state index in [1.165, 1.54) is 10.7 Å². The molecule has 0 fully saturated rings. The van der Waals surface area contributed by atoms with E-state index in [2.05, 4.69) is 20.2 Å². The van der Waals surface area contributed by atoms with Gasteiger partial charge in [0.25, 0.3) is 0 Å². The molecule has 0 bridgehead atoms. The molecule has 0 aliphatic heterocycles. The fourth-order valence-electron chi connectivity index (χ4n) is 1.63. The predicted molar refractivity (Wildman–Crippen MR) is 58.6 cm³/mol. The van der Waals surface area contributed by atoms with E-state index in [1.54, 1.807) is 23.0 Å². The van der Waals surface area contributed by atoms with E-state index < -0.39 is 0 Å². The number of fused-ring (bicyclic) bond motifs is 1. The lowest BCUT2D eigenvalue weighted by Gasteiger charge is -2.04. The highest BCUT2D eigenvalue weighted by Gasteiger charge is 2.07. The van der Waals surface area contributed by atoms with Crippen molar-refractivity contribution in [3.63, 3.8) is 0 Å². The van der Waals surface area contributed by atoms with Crippen molar-refractivity contribution in [1.29, 1.82) is 0 Å². The highest BCUT2D eigenvalue weighted by Crippen LogP contribution is 2.08. The van der Waals surface area contributed by atoms with Gasteiger partial charge in [-0.1, -0.05) is 0 Å². The molecule has 3 heterocycles. The normalized spacial score (nSPS) is 11.1. The van der Waals surface area contributed by atoms with E-state index >= 15 is 0 Å². The van der Waals surface area contributed by atoms with Crippen LogP contribution in [0.4, 0.5) is 0 Å². The van der Waals surface area contributed by atoms with E-state index in [4.69, 9.17) is 5.73 Å². The summed E-state index contributed by atoms with van der Waals surface area (Å²) in [5.74, 6) is 1.31. The Bertz CT molecular complexity index is 722. The number of aromatic nitrogens is 6. The van der Waals surface area contributed by atoms with Crippen LogP contribution in [0.25, 0.3) is 11.5 Å². The van der Waals surface area contributed by atoms with Crippen LogP contribution < -0.4 is 11.4 Å². The van der Waals surface area contributed by atoms with Crippen molar-refractivity contribution >= 4 is 5.65 Å². The Kier molecular flexibility index (Phi) is 2.02. The first kappa shape index (κ1) is 9.73. The van der Waals surface area contributed by atoms with E-state index in [0.717, 1.165) is 0 Å². The number of imidazole rings is 1. The van der Waals surface area contributed by atoms with Crippen molar-refractivity contribution in [3.8, 4) is 5.82 Å². The lowest BCUT2D eigenvalue weighted by Crippen LogP contribution is -2.11. The molecule has 0 saturated carbocycles. The summed E-state index contributed by atoms with van der Waals surface area (Å²) in [5, 5.41) is 6.21. The first-order chi connectivity index (χ1) is 8.29. The van der Waals surface area contributed by atoms with Crippen LogP contribution in [0.5, 0.6) is 0 Å². The van der Waals surface area contributed by atoms with Crippen LogP contribution in [0.3, 0.4) is 0 Å². The van der Waals surface area contributed by atoms with E-state index in [1.807, 2.05) is 0 Å². The van der Waals surface area contributed by atoms with Crippen molar-refractivity contribution in [1.82, 2.24) is 29.1 Å². The van der Waals surface area contributed by atoms with Gasteiger partial charge in [0.15, 0.2) is 5.65 Å². The standard InChI is InChI=1S/C9H9N7O/c10-4-8-11-1-2-15(8)6-3-7-13-14-9(17)16(7)5-12-6/h1-3,5H,4,10H2,(H,14,17). The van der Waals surface area contributed by atoms with Crippen LogP contribution in [0.15, 0.2) is 29.6 Å². The molecule has 17 heavy (non-hydrogen) atoms. The monoisotopic (exact) mass is 231 g/mol. The second-order valence-electron chi connectivity index (χ2n) is 3.42. The number of hydrogen-bond acceptors (Lipinski definition) is 5. The van der Waals surface area contributed by atoms with Crippen molar-refractivity contribution in [2.75, 3.05) is 0 Å². The first-order valence-electron chi connectivity index (χ1n) is 4.95. The second kappa shape index (κ2) is 3.52. The van der Waals surface area contributed by atoms with Gasteiger partial charge in [0.05, 0.1) is 6.54 Å². The van der Waals surface area contributed by atoms with Crippen LogP contribution >= 0.6 is 0 Å². The molecule has 0 aromatic carbocycles. The van der Waals surface area contributed by atoms with Gasteiger partial charge in [-0.2, -0.15) is 5.10 Å². The summed E-state index contributed by atoms with van der Waals surface area (Å²) >= 11 is 0. The second-order valence-corrected chi connectivity index (χ2v) is 3.42. The van der Waals surface area contributed by atoms with Gasteiger partial charge in [-0.25, -0.2) is 24.3 Å². The zero-order valence-electron chi connectivity index (χ0n) is 8.74. The summed E-state index contributed by atoms with van der Waals surface area (Å²) in [7, 11) is 0. The Hall–Kier alpha value is -2.48. The fraction of sp³-hybridized carbons (Fsp3) is 0.111. The molecule has 86 valence electrons. The maximum atomic E-state index is 11.3. The van der Waals surface area contributed by atoms with Gasteiger partial charge in [0, 0.05) is 18.5 Å². The van der Waals surface area contributed by atoms with Gasteiger partial charge in [-0.15, -0.1) is 0 Å². The highest BCUT2D eigenvalue weighted by molar-refractivity contribution is 5.42. The molecule has 0 unspecified atom stereocenters.